The van der Waals surface area contributed by atoms with Crippen molar-refractivity contribution in [3.8, 4) is 11.4 Å². The van der Waals surface area contributed by atoms with Crippen molar-refractivity contribution in [2.75, 3.05) is 9.74 Å². The van der Waals surface area contributed by atoms with E-state index in [1.165, 1.54) is 6.07 Å². The van der Waals surface area contributed by atoms with E-state index in [1.54, 1.807) is 27.7 Å². The zero-order chi connectivity index (χ0) is 22.2. The number of benzene rings is 2. The number of hydrogen-bond acceptors (Lipinski definition) is 4. The van der Waals surface area contributed by atoms with Gasteiger partial charge in [-0.05, 0) is 55.0 Å². The highest BCUT2D eigenvalue weighted by Crippen LogP contribution is 2.28. The van der Waals surface area contributed by atoms with Crippen LogP contribution in [0.2, 0.25) is 0 Å². The van der Waals surface area contributed by atoms with Gasteiger partial charge in [-0.3, -0.25) is 19.1 Å². The number of nitrogens with zero attached hydrogens (tertiary/aromatic N) is 4. The first-order valence-electron chi connectivity index (χ1n) is 9.96. The molecular formula is C24H18IN5O2. The lowest BCUT2D eigenvalue weighted by Gasteiger charge is -2.15. The fraction of sp³-hybridized carbons (Fsp3) is 0.0833. The van der Waals surface area contributed by atoms with Crippen molar-refractivity contribution >= 4 is 56.0 Å². The molecule has 0 saturated carbocycles. The molecule has 3 heterocycles. The van der Waals surface area contributed by atoms with Crippen LogP contribution in [0.3, 0.4) is 0 Å². The SMILES string of the molecule is Cc1ccc(-n2c(=O)ccc3cnc4ccc(-n5cccn5)cc4c32)cc1NC(=O)CI. The summed E-state index contributed by atoms with van der Waals surface area (Å²) in [5, 5.41) is 8.91. The van der Waals surface area contributed by atoms with E-state index in [9.17, 15) is 9.59 Å². The molecule has 0 aliphatic heterocycles. The number of carbonyl (C=O) groups excluding carboxylic acids is 1. The molecule has 0 radical (unpaired) electrons. The lowest BCUT2D eigenvalue weighted by atomic mass is 10.1. The van der Waals surface area contributed by atoms with Gasteiger partial charge in [-0.1, -0.05) is 28.7 Å². The Labute approximate surface area is 196 Å². The van der Waals surface area contributed by atoms with Crippen molar-refractivity contribution in [1.29, 1.82) is 0 Å². The normalized spacial score (nSPS) is 11.2. The Bertz CT molecular complexity index is 1540. The summed E-state index contributed by atoms with van der Waals surface area (Å²) in [6, 6.07) is 16.7. The summed E-state index contributed by atoms with van der Waals surface area (Å²) in [5.74, 6) is -0.0883. The number of pyridine rings is 2. The van der Waals surface area contributed by atoms with Crippen LogP contribution in [0.5, 0.6) is 0 Å². The largest absolute Gasteiger partial charge is 0.325 e. The van der Waals surface area contributed by atoms with Crippen molar-refractivity contribution < 1.29 is 4.79 Å². The van der Waals surface area contributed by atoms with Crippen molar-refractivity contribution in [2.45, 2.75) is 6.92 Å². The Kier molecular flexibility index (Phi) is 5.22. The number of fused-ring (bicyclic) bond motifs is 3. The molecule has 0 fully saturated rings. The lowest BCUT2D eigenvalue weighted by molar-refractivity contribution is -0.113. The van der Waals surface area contributed by atoms with Gasteiger partial charge in [-0.15, -0.1) is 0 Å². The van der Waals surface area contributed by atoms with Gasteiger partial charge in [-0.2, -0.15) is 5.10 Å². The van der Waals surface area contributed by atoms with E-state index in [4.69, 9.17) is 0 Å². The number of hydrogen-bond donors (Lipinski definition) is 1. The van der Waals surface area contributed by atoms with Crippen LogP contribution in [0.25, 0.3) is 33.2 Å². The lowest BCUT2D eigenvalue weighted by Crippen LogP contribution is -2.19. The fourth-order valence-corrected chi connectivity index (χ4v) is 3.98. The summed E-state index contributed by atoms with van der Waals surface area (Å²) in [6.45, 7) is 1.92. The molecule has 32 heavy (non-hydrogen) atoms. The number of nitrogens with one attached hydrogen (secondary N) is 1. The molecule has 0 bridgehead atoms. The maximum absolute atomic E-state index is 13.1. The van der Waals surface area contributed by atoms with E-state index in [0.29, 0.717) is 15.8 Å². The maximum Gasteiger partial charge on any atom is 0.255 e. The van der Waals surface area contributed by atoms with Gasteiger partial charge >= 0.3 is 0 Å². The molecule has 5 aromatic rings. The second kappa shape index (κ2) is 8.19. The van der Waals surface area contributed by atoms with E-state index < -0.39 is 0 Å². The topological polar surface area (TPSA) is 81.8 Å². The van der Waals surface area contributed by atoms with E-state index in [1.807, 2.05) is 78.2 Å². The highest BCUT2D eigenvalue weighted by Gasteiger charge is 2.13. The number of halogens is 1. The molecule has 5 rings (SSSR count). The van der Waals surface area contributed by atoms with Crippen molar-refractivity contribution in [1.82, 2.24) is 19.3 Å². The third-order valence-corrected chi connectivity index (χ3v) is 6.04. The zero-order valence-electron chi connectivity index (χ0n) is 17.1. The first-order chi connectivity index (χ1) is 15.5. The molecule has 8 heteroatoms. The van der Waals surface area contributed by atoms with E-state index in [-0.39, 0.29) is 11.5 Å². The first kappa shape index (κ1) is 20.4. The third-order valence-electron chi connectivity index (χ3n) is 5.34. The molecule has 0 aliphatic carbocycles. The number of aryl methyl sites for hydroxylation is 1. The molecule has 3 aromatic heterocycles. The number of anilines is 1. The van der Waals surface area contributed by atoms with Crippen molar-refractivity contribution in [3.63, 3.8) is 0 Å². The second-order valence-electron chi connectivity index (χ2n) is 7.40. The van der Waals surface area contributed by atoms with Gasteiger partial charge in [0.1, 0.15) is 0 Å². The monoisotopic (exact) mass is 535 g/mol. The van der Waals surface area contributed by atoms with Gasteiger partial charge in [0, 0.05) is 41.1 Å². The van der Waals surface area contributed by atoms with Gasteiger partial charge in [0.05, 0.1) is 26.8 Å². The average molecular weight is 535 g/mol. The van der Waals surface area contributed by atoms with Crippen molar-refractivity contribution in [3.05, 3.63) is 89.1 Å². The van der Waals surface area contributed by atoms with Crippen molar-refractivity contribution in [2.24, 2.45) is 0 Å². The van der Waals surface area contributed by atoms with E-state index in [0.717, 1.165) is 33.1 Å². The van der Waals surface area contributed by atoms with Gasteiger partial charge < -0.3 is 5.32 Å². The molecule has 2 aromatic carbocycles. The Morgan fingerprint density at radius 3 is 2.72 bits per heavy atom. The summed E-state index contributed by atoms with van der Waals surface area (Å²) in [4.78, 5) is 29.7. The van der Waals surface area contributed by atoms with E-state index >= 15 is 0 Å². The van der Waals surface area contributed by atoms with Crippen LogP contribution in [0, 0.1) is 6.92 Å². The molecule has 0 aliphatic rings. The molecule has 1 N–H and O–H groups in total. The summed E-state index contributed by atoms with van der Waals surface area (Å²) in [5.41, 5.74) is 4.52. The predicted octanol–water partition coefficient (Wildman–Crippen LogP) is 4.41. The van der Waals surface area contributed by atoms with Crippen LogP contribution in [0.1, 0.15) is 5.56 Å². The standard InChI is InChI=1S/C24H18IN5O2/c1-15-3-5-18(12-21(15)28-22(31)13-25)30-23(32)8-4-16-14-26-20-7-6-17(11-19(20)24(16)30)29-10-2-9-27-29/h2-12,14H,13H2,1H3,(H,28,31). The number of rotatable bonds is 4. The van der Waals surface area contributed by atoms with Gasteiger partial charge in [0.15, 0.2) is 0 Å². The molecule has 0 unspecified atom stereocenters. The summed E-state index contributed by atoms with van der Waals surface area (Å²) in [7, 11) is 0. The van der Waals surface area contributed by atoms with Crippen LogP contribution in [-0.4, -0.2) is 29.7 Å². The maximum atomic E-state index is 13.1. The molecule has 0 spiro atoms. The zero-order valence-corrected chi connectivity index (χ0v) is 19.3. The minimum absolute atomic E-state index is 0.0883. The number of alkyl halides is 1. The molecule has 7 nitrogen and oxygen atoms in total. The Balaban J connectivity index is 1.80. The van der Waals surface area contributed by atoms with Gasteiger partial charge in [-0.25, -0.2) is 4.68 Å². The minimum Gasteiger partial charge on any atom is -0.325 e. The summed E-state index contributed by atoms with van der Waals surface area (Å²) < 4.78 is 3.79. The van der Waals surface area contributed by atoms with Gasteiger partial charge in [0.25, 0.3) is 5.56 Å². The fourth-order valence-electron chi connectivity index (χ4n) is 3.79. The Morgan fingerprint density at radius 1 is 1.09 bits per heavy atom. The van der Waals surface area contributed by atoms with Gasteiger partial charge in [0.2, 0.25) is 5.91 Å². The molecule has 158 valence electrons. The highest BCUT2D eigenvalue weighted by molar-refractivity contribution is 14.1. The minimum atomic E-state index is -0.162. The molecule has 1 amide bonds. The molecule has 0 atom stereocenters. The summed E-state index contributed by atoms with van der Waals surface area (Å²) >= 11 is 2.02. The second-order valence-corrected chi connectivity index (χ2v) is 8.17. The van der Waals surface area contributed by atoms with Crippen LogP contribution in [-0.2, 0) is 4.79 Å². The average Bonchev–Trinajstić information content (AvgIpc) is 3.35. The predicted molar refractivity (Wildman–Crippen MR) is 134 cm³/mol. The highest BCUT2D eigenvalue weighted by atomic mass is 127. The Hall–Kier alpha value is -3.53. The first-order valence-corrected chi connectivity index (χ1v) is 11.5. The number of aromatic nitrogens is 4. The van der Waals surface area contributed by atoms with Crippen LogP contribution in [0.15, 0.2) is 78.0 Å². The Morgan fingerprint density at radius 2 is 1.94 bits per heavy atom. The van der Waals surface area contributed by atoms with Crippen LogP contribution in [0.4, 0.5) is 5.69 Å². The quantitative estimate of drug-likeness (QED) is 0.210. The third kappa shape index (κ3) is 3.56. The summed E-state index contributed by atoms with van der Waals surface area (Å²) in [6.07, 6.45) is 5.36. The van der Waals surface area contributed by atoms with E-state index in [2.05, 4.69) is 15.4 Å². The molecule has 0 saturated heterocycles. The molecular weight excluding hydrogens is 517 g/mol. The smallest absolute Gasteiger partial charge is 0.255 e. The number of carbonyl (C=O) groups is 1. The number of amides is 1. The van der Waals surface area contributed by atoms with Crippen LogP contribution < -0.4 is 10.9 Å². The van der Waals surface area contributed by atoms with Crippen LogP contribution >= 0.6 is 22.6 Å².